The van der Waals surface area contributed by atoms with Crippen LogP contribution in [-0.4, -0.2) is 35.6 Å². The van der Waals surface area contributed by atoms with E-state index in [1.807, 2.05) is 0 Å². The van der Waals surface area contributed by atoms with Gasteiger partial charge >= 0.3 is 11.9 Å². The molecule has 46 heavy (non-hydrogen) atoms. The summed E-state index contributed by atoms with van der Waals surface area (Å²) in [7, 11) is 0. The number of hydrogen-bond donors (Lipinski definition) is 2. The van der Waals surface area contributed by atoms with Gasteiger partial charge < -0.3 is 15.2 Å². The van der Waals surface area contributed by atoms with Crippen molar-refractivity contribution in [3.05, 3.63) is 12.2 Å². The Morgan fingerprint density at radius 1 is 0.543 bits per heavy atom. The highest BCUT2D eigenvalue weighted by atomic mass is 16.5. The van der Waals surface area contributed by atoms with Crippen LogP contribution in [0.5, 0.6) is 0 Å². The summed E-state index contributed by atoms with van der Waals surface area (Å²) in [6.45, 7) is 4.20. The molecule has 6 nitrogen and oxygen atoms in total. The molecule has 0 saturated carbocycles. The van der Waals surface area contributed by atoms with E-state index in [1.54, 1.807) is 0 Å². The highest BCUT2D eigenvalue weighted by molar-refractivity contribution is 5.80. The maximum absolute atomic E-state index is 12.6. The van der Waals surface area contributed by atoms with Crippen molar-refractivity contribution < 1.29 is 24.2 Å². The Hall–Kier alpha value is -1.85. The topological polar surface area (TPSA) is 92.7 Å². The third-order valence-corrected chi connectivity index (χ3v) is 8.94. The van der Waals surface area contributed by atoms with E-state index in [-0.39, 0.29) is 24.5 Å². The van der Waals surface area contributed by atoms with Crippen LogP contribution in [0.4, 0.5) is 0 Å². The molecule has 1 unspecified atom stereocenters. The monoisotopic (exact) mass is 650 g/mol. The predicted octanol–water partition coefficient (Wildman–Crippen LogP) is 11.8. The average molecular weight is 650 g/mol. The summed E-state index contributed by atoms with van der Waals surface area (Å²) in [5.41, 5.74) is 0. The number of esters is 1. The predicted molar refractivity (Wildman–Crippen MR) is 194 cm³/mol. The maximum Gasteiger partial charge on any atom is 0.322 e. The second kappa shape index (κ2) is 36.0. The maximum atomic E-state index is 12.6. The van der Waals surface area contributed by atoms with E-state index < -0.39 is 5.97 Å². The summed E-state index contributed by atoms with van der Waals surface area (Å²) in [4.78, 5) is 34.8. The minimum absolute atomic E-state index is 0.0216. The third-order valence-electron chi connectivity index (χ3n) is 8.94. The number of unbranched alkanes of at least 4 members (excludes halogenated alkanes) is 23. The number of carboxylic acids is 1. The van der Waals surface area contributed by atoms with Gasteiger partial charge in [-0.05, 0) is 64.2 Å². The Morgan fingerprint density at radius 3 is 1.39 bits per heavy atom. The van der Waals surface area contributed by atoms with Crippen LogP contribution in [0.3, 0.4) is 0 Å². The Bertz CT molecular complexity index is 722. The summed E-state index contributed by atoms with van der Waals surface area (Å²) in [6, 6.07) is 0. The summed E-state index contributed by atoms with van der Waals surface area (Å²) in [5.74, 6) is -1.23. The molecular weight excluding hydrogens is 574 g/mol. The lowest BCUT2D eigenvalue weighted by Crippen LogP contribution is -2.28. The van der Waals surface area contributed by atoms with Crippen LogP contribution in [0.25, 0.3) is 0 Å². The van der Waals surface area contributed by atoms with Gasteiger partial charge in [-0.25, -0.2) is 0 Å². The fourth-order valence-corrected chi connectivity index (χ4v) is 5.98. The molecule has 0 fully saturated rings. The number of allylic oxidation sites excluding steroid dienone is 2. The summed E-state index contributed by atoms with van der Waals surface area (Å²) in [6.07, 6.45) is 40.6. The molecule has 0 aromatic rings. The smallest absolute Gasteiger partial charge is 0.322 e. The molecule has 0 radical (unpaired) electrons. The van der Waals surface area contributed by atoms with Crippen LogP contribution in [-0.2, 0) is 19.1 Å². The number of carbonyl (C=O) groups is 3. The van der Waals surface area contributed by atoms with Gasteiger partial charge in [0.05, 0.1) is 0 Å². The van der Waals surface area contributed by atoms with Crippen LogP contribution in [0.1, 0.15) is 213 Å². The summed E-state index contributed by atoms with van der Waals surface area (Å²) in [5, 5.41) is 11.0. The van der Waals surface area contributed by atoms with Crippen LogP contribution >= 0.6 is 0 Å². The van der Waals surface area contributed by atoms with Crippen LogP contribution in [0.15, 0.2) is 12.2 Å². The second-order valence-corrected chi connectivity index (χ2v) is 13.5. The van der Waals surface area contributed by atoms with Crippen LogP contribution in [0.2, 0.25) is 0 Å². The molecule has 270 valence electrons. The molecule has 0 aliphatic heterocycles. The van der Waals surface area contributed by atoms with E-state index in [2.05, 4.69) is 31.3 Å². The molecular formula is C40H75NO5. The van der Waals surface area contributed by atoms with Crippen molar-refractivity contribution in [1.82, 2.24) is 5.32 Å². The largest absolute Gasteiger partial charge is 0.480 e. The van der Waals surface area contributed by atoms with Crippen molar-refractivity contribution in [2.75, 3.05) is 6.54 Å². The van der Waals surface area contributed by atoms with E-state index >= 15 is 0 Å². The molecule has 0 rings (SSSR count). The molecule has 0 aliphatic carbocycles. The Labute approximate surface area is 284 Å². The first-order valence-electron chi connectivity index (χ1n) is 19.8. The number of hydrogen-bond acceptors (Lipinski definition) is 4. The van der Waals surface area contributed by atoms with Gasteiger partial charge in [-0.3, -0.25) is 14.4 Å². The molecule has 0 heterocycles. The number of carbonyl (C=O) groups excluding carboxylic acids is 2. The lowest BCUT2D eigenvalue weighted by atomic mass is 10.0. The molecule has 1 atom stereocenters. The van der Waals surface area contributed by atoms with Crippen LogP contribution < -0.4 is 5.32 Å². The SMILES string of the molecule is CCCCCCCCC/C=C\CCCCCCCCCC(=O)OC(CCCCCCCC)CCCCCCCC(=O)NCC(=O)O. The highest BCUT2D eigenvalue weighted by Crippen LogP contribution is 2.18. The third kappa shape index (κ3) is 35.0. The molecule has 0 saturated heterocycles. The van der Waals surface area contributed by atoms with Gasteiger partial charge in [-0.15, -0.1) is 0 Å². The number of rotatable bonds is 36. The van der Waals surface area contributed by atoms with Gasteiger partial charge in [0.25, 0.3) is 0 Å². The molecule has 2 N–H and O–H groups in total. The number of amides is 1. The first kappa shape index (κ1) is 44.1. The van der Waals surface area contributed by atoms with Gasteiger partial charge in [0.15, 0.2) is 0 Å². The number of ether oxygens (including phenoxy) is 1. The van der Waals surface area contributed by atoms with Crippen molar-refractivity contribution in [1.29, 1.82) is 0 Å². The first-order valence-corrected chi connectivity index (χ1v) is 19.8. The zero-order valence-corrected chi connectivity index (χ0v) is 30.4. The minimum Gasteiger partial charge on any atom is -0.480 e. The normalized spacial score (nSPS) is 12.0. The molecule has 0 aromatic carbocycles. The van der Waals surface area contributed by atoms with Crippen molar-refractivity contribution in [3.8, 4) is 0 Å². The zero-order chi connectivity index (χ0) is 33.8. The van der Waals surface area contributed by atoms with E-state index in [1.165, 1.54) is 122 Å². The van der Waals surface area contributed by atoms with Crippen molar-refractivity contribution in [2.45, 2.75) is 219 Å². The minimum atomic E-state index is -1.02. The molecule has 0 spiro atoms. The summed E-state index contributed by atoms with van der Waals surface area (Å²) >= 11 is 0. The molecule has 0 bridgehead atoms. The molecule has 0 aliphatic rings. The van der Waals surface area contributed by atoms with E-state index in [4.69, 9.17) is 9.84 Å². The van der Waals surface area contributed by atoms with Crippen molar-refractivity contribution in [2.24, 2.45) is 0 Å². The van der Waals surface area contributed by atoms with Gasteiger partial charge in [0.1, 0.15) is 12.6 Å². The van der Waals surface area contributed by atoms with Gasteiger partial charge in [0, 0.05) is 12.8 Å². The summed E-state index contributed by atoms with van der Waals surface area (Å²) < 4.78 is 5.97. The Kier molecular flexibility index (Phi) is 34.5. The van der Waals surface area contributed by atoms with Gasteiger partial charge in [-0.1, -0.05) is 148 Å². The van der Waals surface area contributed by atoms with Crippen molar-refractivity contribution in [3.63, 3.8) is 0 Å². The van der Waals surface area contributed by atoms with Crippen molar-refractivity contribution >= 4 is 17.8 Å². The lowest BCUT2D eigenvalue weighted by molar-refractivity contribution is -0.150. The Balaban J connectivity index is 3.93. The first-order chi connectivity index (χ1) is 22.5. The standard InChI is InChI=1S/C40H75NO5/c1-3-5-7-9-11-12-13-14-15-16-17-18-19-20-21-22-27-31-35-40(45)46-37(32-28-24-10-8-6-4-2)33-29-25-23-26-30-34-38(42)41-36-39(43)44/h15-16,37H,3-14,17-36H2,1-2H3,(H,41,42)(H,43,44)/b16-15-. The second-order valence-electron chi connectivity index (χ2n) is 13.5. The molecule has 0 aromatic heterocycles. The molecule has 6 heteroatoms. The zero-order valence-electron chi connectivity index (χ0n) is 30.4. The fourth-order valence-electron chi connectivity index (χ4n) is 5.98. The number of aliphatic carboxylic acids is 1. The lowest BCUT2D eigenvalue weighted by Gasteiger charge is -2.18. The highest BCUT2D eigenvalue weighted by Gasteiger charge is 2.14. The Morgan fingerprint density at radius 2 is 0.935 bits per heavy atom. The average Bonchev–Trinajstić information content (AvgIpc) is 3.04. The van der Waals surface area contributed by atoms with Crippen LogP contribution in [0, 0.1) is 0 Å². The fraction of sp³-hybridized carbons (Fsp3) is 0.875. The quantitative estimate of drug-likeness (QED) is 0.0400. The van der Waals surface area contributed by atoms with Gasteiger partial charge in [0.2, 0.25) is 5.91 Å². The number of carboxylic acid groups (broad SMARTS) is 1. The van der Waals surface area contributed by atoms with Gasteiger partial charge in [-0.2, -0.15) is 0 Å². The van der Waals surface area contributed by atoms with E-state index in [0.29, 0.717) is 12.8 Å². The number of nitrogens with one attached hydrogen (secondary N) is 1. The molecule has 1 amide bonds. The van der Waals surface area contributed by atoms with E-state index in [0.717, 1.165) is 64.2 Å². The van der Waals surface area contributed by atoms with E-state index in [9.17, 15) is 14.4 Å².